The Labute approximate surface area is 292 Å². The van der Waals surface area contributed by atoms with E-state index in [1.807, 2.05) is 19.9 Å². The van der Waals surface area contributed by atoms with Gasteiger partial charge in [-0.25, -0.2) is 16.8 Å². The molecule has 0 radical (unpaired) electrons. The van der Waals surface area contributed by atoms with E-state index in [4.69, 9.17) is 9.73 Å². The Morgan fingerprint density at radius 1 is 0.979 bits per heavy atom. The number of carbonyl (C=O) groups is 3. The first kappa shape index (κ1) is 46.4. The molecule has 0 saturated heterocycles. The second kappa shape index (κ2) is 20.6. The maximum atomic E-state index is 13.4. The van der Waals surface area contributed by atoms with E-state index in [-0.39, 0.29) is 103 Å². The molecule has 1 aliphatic rings. The Bertz CT molecular complexity index is 1650. The summed E-state index contributed by atoms with van der Waals surface area (Å²) >= 11 is 0. The number of nitrogens with zero attached hydrogens (tertiary/aromatic N) is 2. The molecule has 0 unspecified atom stereocenters. The first-order chi connectivity index (χ1) is 20.5. The fourth-order valence-electron chi connectivity index (χ4n) is 5.02. The Kier molecular flexibility index (Phi) is 20.4. The number of hydrogen-bond acceptors (Lipinski definition) is 11. The summed E-state index contributed by atoms with van der Waals surface area (Å²) in [5, 5.41) is 5.93. The van der Waals surface area contributed by atoms with E-state index in [1.165, 1.54) is 7.11 Å². The predicted molar refractivity (Wildman–Crippen MR) is 174 cm³/mol. The molecule has 0 aromatic carbocycles. The molecule has 2 amide bonds. The molecule has 0 aliphatic carbocycles. The van der Waals surface area contributed by atoms with Gasteiger partial charge >= 0.3 is 5.97 Å². The number of methoxy groups -OCH3 is 1. The van der Waals surface area contributed by atoms with Crippen LogP contribution < -0.4 is 26.3 Å². The molecule has 2 rings (SSSR count). The van der Waals surface area contributed by atoms with Crippen molar-refractivity contribution in [3.8, 4) is 0 Å². The molecule has 14 nitrogen and oxygen atoms in total. The van der Waals surface area contributed by atoms with Gasteiger partial charge in [-0.2, -0.15) is 0 Å². The van der Waals surface area contributed by atoms with Crippen molar-refractivity contribution < 1.29 is 65.5 Å². The summed E-state index contributed by atoms with van der Waals surface area (Å²) in [6, 6.07) is 0. The van der Waals surface area contributed by atoms with Gasteiger partial charge in [-0.1, -0.05) is 18.6 Å². The number of amides is 2. The Morgan fingerprint density at radius 3 is 2.02 bits per heavy atom. The van der Waals surface area contributed by atoms with E-state index in [2.05, 4.69) is 15.6 Å². The number of aromatic nitrogens is 1. The van der Waals surface area contributed by atoms with Crippen molar-refractivity contribution in [2.24, 2.45) is 16.8 Å². The Hall–Kier alpha value is -2.68. The van der Waals surface area contributed by atoms with Crippen LogP contribution in [0.15, 0.2) is 16.8 Å². The molecular formula is C30H45N4O10PdS2-5. The summed E-state index contributed by atoms with van der Waals surface area (Å²) < 4.78 is 70.3. The van der Waals surface area contributed by atoms with Gasteiger partial charge in [0.15, 0.2) is 0 Å². The number of hydrogen-bond donors (Lipinski definition) is 2. The number of allylic oxidation sites excluding steroid dienone is 2. The predicted octanol–water partition coefficient (Wildman–Crippen LogP) is 0.472. The molecule has 0 spiro atoms. The monoisotopic (exact) mass is 791 g/mol. The van der Waals surface area contributed by atoms with Crippen molar-refractivity contribution in [2.45, 2.75) is 59.8 Å². The molecule has 2 atom stereocenters. The van der Waals surface area contributed by atoms with Gasteiger partial charge in [0.2, 0.25) is 11.8 Å². The van der Waals surface area contributed by atoms with E-state index in [0.29, 0.717) is 34.3 Å². The standard InChI is InChI=1S/C28H42N4O10S2.2CH3.Pd/c1-6-21-17(3)19(10-11-23(33)29-12-8-14-43(36,37)38)26(31-21)20(16-24(34)42-5)27-25(18(4)22(7-2)32-27)28(35)30-13-9-15-44(39,40)41;;;/h6-7,17,19H,8-16H2,1-5H3,(H5,29,30,31,32,33,35,36,37,38,39,40,41);2*1H3;/q;2*-1;/p-3/b21-6-,22-7-;;;/t17-,19-;;;/m0.../s1. The van der Waals surface area contributed by atoms with Gasteiger partial charge in [0.05, 0.1) is 33.8 Å². The number of rotatable bonds is 15. The van der Waals surface area contributed by atoms with Crippen molar-refractivity contribution in [2.75, 3.05) is 31.7 Å². The molecule has 1 aromatic heterocycles. The molecule has 1 aromatic rings. The van der Waals surface area contributed by atoms with Crippen LogP contribution in [-0.4, -0.2) is 81.1 Å². The summed E-state index contributed by atoms with van der Waals surface area (Å²) in [6.45, 7) is 7.10. The van der Waals surface area contributed by atoms with Crippen LogP contribution in [0.5, 0.6) is 0 Å². The van der Waals surface area contributed by atoms with E-state index in [0.717, 1.165) is 0 Å². The molecule has 2 heterocycles. The smallest absolute Gasteiger partial charge is 0.310 e. The summed E-state index contributed by atoms with van der Waals surface area (Å²) in [7, 11) is -7.60. The Balaban J connectivity index is 0. The van der Waals surface area contributed by atoms with E-state index in [9.17, 15) is 40.3 Å². The topological polar surface area (TPSA) is 225 Å². The fraction of sp³-hybridized carbons (Fsp3) is 0.533. The summed E-state index contributed by atoms with van der Waals surface area (Å²) in [4.78, 5) is 48.1. The first-order valence-electron chi connectivity index (χ1n) is 14.1. The van der Waals surface area contributed by atoms with Crippen molar-refractivity contribution in [3.63, 3.8) is 0 Å². The van der Waals surface area contributed by atoms with Crippen LogP contribution >= 0.6 is 0 Å². The second-order valence-corrected chi connectivity index (χ2v) is 13.4. The third kappa shape index (κ3) is 14.1. The first-order valence-corrected chi connectivity index (χ1v) is 17.2. The minimum Gasteiger partial charge on any atom is -0.748 e. The second-order valence-electron chi connectivity index (χ2n) is 10.3. The average Bonchev–Trinajstić information content (AvgIpc) is 3.44. The zero-order valence-corrected chi connectivity index (χ0v) is 31.0. The Morgan fingerprint density at radius 2 is 1.53 bits per heavy atom. The number of nitrogens with one attached hydrogen (secondary N) is 2. The van der Waals surface area contributed by atoms with Crippen molar-refractivity contribution in [1.82, 2.24) is 15.6 Å². The van der Waals surface area contributed by atoms with Crippen LogP contribution in [0.4, 0.5) is 0 Å². The quantitative estimate of drug-likeness (QED) is 0.0817. The molecule has 272 valence electrons. The number of ether oxygens (including phenoxy) is 1. The van der Waals surface area contributed by atoms with Crippen molar-refractivity contribution in [1.29, 1.82) is 0 Å². The average molecular weight is 792 g/mol. The van der Waals surface area contributed by atoms with Crippen LogP contribution in [0.3, 0.4) is 0 Å². The normalized spacial score (nSPS) is 17.9. The van der Waals surface area contributed by atoms with Crippen LogP contribution in [0.2, 0.25) is 0 Å². The van der Waals surface area contributed by atoms with Gasteiger partial charge in [0.1, 0.15) is 0 Å². The summed E-state index contributed by atoms with van der Waals surface area (Å²) in [5.74, 6) is -3.29. The van der Waals surface area contributed by atoms with Gasteiger partial charge < -0.3 is 44.3 Å². The minimum atomic E-state index is -4.45. The van der Waals surface area contributed by atoms with Crippen LogP contribution in [0, 0.1) is 33.6 Å². The van der Waals surface area contributed by atoms with Gasteiger partial charge in [-0.3, -0.25) is 19.4 Å². The molecule has 17 heteroatoms. The number of carbonyl (C=O) groups excluding carboxylic acids is 3. The molecule has 0 saturated carbocycles. The van der Waals surface area contributed by atoms with Gasteiger partial charge in [0.25, 0.3) is 0 Å². The molecule has 2 N–H and O–H groups in total. The van der Waals surface area contributed by atoms with Crippen LogP contribution in [0.1, 0.15) is 68.8 Å². The van der Waals surface area contributed by atoms with Crippen molar-refractivity contribution in [3.05, 3.63) is 48.5 Å². The van der Waals surface area contributed by atoms with Gasteiger partial charge in [-0.15, -0.1) is 16.8 Å². The van der Waals surface area contributed by atoms with Gasteiger partial charge in [-0.05, 0) is 45.6 Å². The maximum absolute atomic E-state index is 13.4. The summed E-state index contributed by atoms with van der Waals surface area (Å²) in [6.07, 6.45) is 3.48. The number of aliphatic imine (C=N–C) groups is 1. The third-order valence-electron chi connectivity index (χ3n) is 7.27. The molecular weight excluding hydrogens is 747 g/mol. The SMILES string of the molecule is C/C=C1N=C(/C(CC(=O)OC)=c2\[n-]/c(=C\C)c(C)c2C(=O)NCCCS(=O)(=O)[O-])[C@@H](CCC(=O)NCCCS(=O)(=O)[O-])[C@@H]\1C.[CH3-].[CH3-].[Pd]. The summed E-state index contributed by atoms with van der Waals surface area (Å²) in [5.41, 5.74) is 2.20. The fourth-order valence-corrected chi connectivity index (χ4v) is 6.01. The van der Waals surface area contributed by atoms with Crippen molar-refractivity contribution >= 4 is 55.4 Å². The maximum Gasteiger partial charge on any atom is 0.310 e. The zero-order valence-electron chi connectivity index (χ0n) is 27.8. The third-order valence-corrected chi connectivity index (χ3v) is 8.85. The van der Waals surface area contributed by atoms with Gasteiger partial charge in [0, 0.05) is 80.2 Å². The largest absolute Gasteiger partial charge is 0.748 e. The van der Waals surface area contributed by atoms with E-state index in [1.54, 1.807) is 19.9 Å². The number of esters is 1. The molecule has 0 bridgehead atoms. The molecule has 47 heavy (non-hydrogen) atoms. The minimum absolute atomic E-state index is 0. The van der Waals surface area contributed by atoms with E-state index >= 15 is 0 Å². The zero-order chi connectivity index (χ0) is 33.2. The molecule has 1 aliphatic heterocycles. The molecule has 0 fully saturated rings. The van der Waals surface area contributed by atoms with Crippen LogP contribution in [-0.2, 0) is 55.0 Å². The van der Waals surface area contributed by atoms with E-state index < -0.39 is 43.6 Å². The van der Waals surface area contributed by atoms with Crippen LogP contribution in [0.25, 0.3) is 11.6 Å².